The second-order valence-corrected chi connectivity index (χ2v) is 11.3. The van der Waals surface area contributed by atoms with Crippen molar-refractivity contribution >= 4 is 5.97 Å². The third-order valence-electron chi connectivity index (χ3n) is 6.34. The van der Waals surface area contributed by atoms with Gasteiger partial charge in [-0.25, -0.2) is 0 Å². The molecule has 0 aromatic carbocycles. The highest BCUT2D eigenvalue weighted by atomic mass is 16.6. The highest BCUT2D eigenvalue weighted by Crippen LogP contribution is 2.49. The average Bonchev–Trinajstić information content (AvgIpc) is 2.35. The van der Waals surface area contributed by atoms with Crippen LogP contribution in [-0.4, -0.2) is 11.6 Å². The van der Waals surface area contributed by atoms with Crippen molar-refractivity contribution in [1.29, 1.82) is 0 Å². The first-order valence-corrected chi connectivity index (χ1v) is 9.82. The normalized spacial score (nSPS) is 25.9. The van der Waals surface area contributed by atoms with Gasteiger partial charge in [0, 0.05) is 0 Å². The standard InChI is InChI=1S/C22H42O2/c1-16-11-13-17(14-12-16)21(8,9)24-18(23)22(10,20(5,6)7)15-19(2,3)4/h16-17H,11-15H2,1-10H3. The molecule has 0 aromatic rings. The van der Waals surface area contributed by atoms with E-state index >= 15 is 0 Å². The molecule has 1 aliphatic carbocycles. The monoisotopic (exact) mass is 338 g/mol. The number of ether oxygens (including phenoxy) is 1. The van der Waals surface area contributed by atoms with Gasteiger partial charge in [0.05, 0.1) is 5.41 Å². The molecule has 0 radical (unpaired) electrons. The minimum atomic E-state index is -0.482. The lowest BCUT2D eigenvalue weighted by molar-refractivity contribution is -0.184. The zero-order valence-electron chi connectivity index (χ0n) is 18.0. The van der Waals surface area contributed by atoms with Gasteiger partial charge in [0.15, 0.2) is 0 Å². The highest BCUT2D eigenvalue weighted by Gasteiger charge is 2.50. The van der Waals surface area contributed by atoms with Crippen LogP contribution in [0.5, 0.6) is 0 Å². The van der Waals surface area contributed by atoms with E-state index < -0.39 is 5.41 Å². The predicted octanol–water partition coefficient (Wildman–Crippen LogP) is 6.62. The van der Waals surface area contributed by atoms with E-state index in [4.69, 9.17) is 4.74 Å². The Morgan fingerprint density at radius 3 is 1.71 bits per heavy atom. The first-order valence-electron chi connectivity index (χ1n) is 9.82. The fraction of sp³-hybridized carbons (Fsp3) is 0.955. The molecule has 1 fully saturated rings. The van der Waals surface area contributed by atoms with Crippen molar-refractivity contribution in [3.63, 3.8) is 0 Å². The molecule has 142 valence electrons. The second-order valence-electron chi connectivity index (χ2n) is 11.3. The minimum Gasteiger partial charge on any atom is -0.459 e. The third-order valence-corrected chi connectivity index (χ3v) is 6.34. The molecule has 24 heavy (non-hydrogen) atoms. The Labute approximate surface area is 151 Å². The van der Waals surface area contributed by atoms with Crippen LogP contribution in [-0.2, 0) is 9.53 Å². The lowest BCUT2D eigenvalue weighted by Gasteiger charge is -2.46. The van der Waals surface area contributed by atoms with Crippen molar-refractivity contribution < 1.29 is 9.53 Å². The molecule has 0 amide bonds. The van der Waals surface area contributed by atoms with Crippen molar-refractivity contribution in [3.05, 3.63) is 0 Å². The van der Waals surface area contributed by atoms with Crippen LogP contribution >= 0.6 is 0 Å². The summed E-state index contributed by atoms with van der Waals surface area (Å²) in [6.45, 7) is 21.8. The quantitative estimate of drug-likeness (QED) is 0.538. The van der Waals surface area contributed by atoms with E-state index in [1.807, 2.05) is 0 Å². The number of carbonyl (C=O) groups is 1. The summed E-state index contributed by atoms with van der Waals surface area (Å²) in [5, 5.41) is 0. The molecule has 1 aliphatic rings. The fourth-order valence-corrected chi connectivity index (χ4v) is 4.09. The molecule has 1 rings (SSSR count). The molecule has 1 atom stereocenters. The summed E-state index contributed by atoms with van der Waals surface area (Å²) in [5.74, 6) is 1.28. The largest absolute Gasteiger partial charge is 0.459 e. The van der Waals surface area contributed by atoms with Crippen molar-refractivity contribution in [3.8, 4) is 0 Å². The molecule has 1 unspecified atom stereocenters. The molecule has 0 spiro atoms. The van der Waals surface area contributed by atoms with Gasteiger partial charge in [-0.1, -0.05) is 61.3 Å². The van der Waals surface area contributed by atoms with Gasteiger partial charge in [-0.05, 0) is 62.7 Å². The Hall–Kier alpha value is -0.530. The molecule has 0 saturated heterocycles. The van der Waals surface area contributed by atoms with E-state index in [1.54, 1.807) is 0 Å². The van der Waals surface area contributed by atoms with E-state index in [1.165, 1.54) is 25.7 Å². The SMILES string of the molecule is CC1CCC(C(C)(C)OC(=O)C(C)(CC(C)(C)C)C(C)(C)C)CC1. The summed E-state index contributed by atoms with van der Waals surface area (Å²) in [7, 11) is 0. The number of esters is 1. The van der Waals surface area contributed by atoms with Gasteiger partial charge in [-0.15, -0.1) is 0 Å². The molecule has 0 heterocycles. The maximum Gasteiger partial charge on any atom is 0.312 e. The maximum atomic E-state index is 13.3. The van der Waals surface area contributed by atoms with Crippen molar-refractivity contribution in [2.24, 2.45) is 28.1 Å². The van der Waals surface area contributed by atoms with Crippen LogP contribution in [0.3, 0.4) is 0 Å². The molecule has 0 bridgehead atoms. The van der Waals surface area contributed by atoms with Gasteiger partial charge < -0.3 is 4.74 Å². The maximum absolute atomic E-state index is 13.3. The van der Waals surface area contributed by atoms with Crippen molar-refractivity contribution in [2.45, 2.75) is 107 Å². The zero-order valence-corrected chi connectivity index (χ0v) is 18.0. The van der Waals surface area contributed by atoms with Gasteiger partial charge in [0.1, 0.15) is 5.60 Å². The van der Waals surface area contributed by atoms with E-state index in [0.717, 1.165) is 12.3 Å². The van der Waals surface area contributed by atoms with Crippen LogP contribution in [0.25, 0.3) is 0 Å². The summed E-state index contributed by atoms with van der Waals surface area (Å²) in [6, 6.07) is 0. The van der Waals surface area contributed by atoms with Gasteiger partial charge in [-0.3, -0.25) is 4.79 Å². The Morgan fingerprint density at radius 1 is 0.875 bits per heavy atom. The summed E-state index contributed by atoms with van der Waals surface area (Å²) in [5.41, 5.74) is -0.897. The van der Waals surface area contributed by atoms with Crippen molar-refractivity contribution in [2.75, 3.05) is 0 Å². The summed E-state index contributed by atoms with van der Waals surface area (Å²) < 4.78 is 6.21. The smallest absolute Gasteiger partial charge is 0.312 e. The lowest BCUT2D eigenvalue weighted by atomic mass is 9.61. The fourth-order valence-electron chi connectivity index (χ4n) is 4.09. The Bertz CT molecular complexity index is 428. The number of hydrogen-bond acceptors (Lipinski definition) is 2. The van der Waals surface area contributed by atoms with Crippen LogP contribution < -0.4 is 0 Å². The van der Waals surface area contributed by atoms with Crippen LogP contribution in [0.4, 0.5) is 0 Å². The van der Waals surface area contributed by atoms with Crippen LogP contribution in [0.2, 0.25) is 0 Å². The molecule has 2 nitrogen and oxygen atoms in total. The van der Waals surface area contributed by atoms with E-state index in [2.05, 4.69) is 69.2 Å². The molecule has 0 N–H and O–H groups in total. The van der Waals surface area contributed by atoms with Gasteiger partial charge >= 0.3 is 5.97 Å². The number of carbonyl (C=O) groups excluding carboxylic acids is 1. The Kier molecular flexibility index (Phi) is 6.27. The predicted molar refractivity (Wildman–Crippen MR) is 103 cm³/mol. The molecule has 2 heteroatoms. The summed E-state index contributed by atoms with van der Waals surface area (Å²) in [4.78, 5) is 13.3. The minimum absolute atomic E-state index is 0.0199. The molecule has 0 aliphatic heterocycles. The highest BCUT2D eigenvalue weighted by molar-refractivity contribution is 5.78. The van der Waals surface area contributed by atoms with E-state index in [-0.39, 0.29) is 22.4 Å². The zero-order chi connectivity index (χ0) is 19.0. The first kappa shape index (κ1) is 21.5. The molecular formula is C22H42O2. The topological polar surface area (TPSA) is 26.3 Å². The van der Waals surface area contributed by atoms with Crippen molar-refractivity contribution in [1.82, 2.24) is 0 Å². The van der Waals surface area contributed by atoms with Gasteiger partial charge in [-0.2, -0.15) is 0 Å². The molecular weight excluding hydrogens is 296 g/mol. The number of rotatable bonds is 4. The molecule has 1 saturated carbocycles. The summed E-state index contributed by atoms with van der Waals surface area (Å²) >= 11 is 0. The van der Waals surface area contributed by atoms with Crippen LogP contribution in [0.15, 0.2) is 0 Å². The Morgan fingerprint density at radius 2 is 1.33 bits per heavy atom. The van der Waals surface area contributed by atoms with Gasteiger partial charge in [0.25, 0.3) is 0 Å². The van der Waals surface area contributed by atoms with Gasteiger partial charge in [0.2, 0.25) is 0 Å². The van der Waals surface area contributed by atoms with E-state index in [9.17, 15) is 4.79 Å². The second kappa shape index (κ2) is 7.00. The lowest BCUT2D eigenvalue weighted by Crippen LogP contribution is -2.49. The Balaban J connectivity index is 2.95. The first-order chi connectivity index (χ1) is 10.6. The molecule has 0 aromatic heterocycles. The van der Waals surface area contributed by atoms with Crippen LogP contribution in [0, 0.1) is 28.1 Å². The average molecular weight is 339 g/mol. The van der Waals surface area contributed by atoms with Crippen LogP contribution in [0.1, 0.15) is 101 Å². The third kappa shape index (κ3) is 5.23. The van der Waals surface area contributed by atoms with E-state index in [0.29, 0.717) is 5.92 Å². The number of hydrogen-bond donors (Lipinski definition) is 0. The summed E-state index contributed by atoms with van der Waals surface area (Å²) in [6.07, 6.45) is 5.69.